The molecule has 1 unspecified atom stereocenters. The fraction of sp³-hybridized carbons (Fsp3) is 0.421. The van der Waals surface area contributed by atoms with Crippen LogP contribution in [0.25, 0.3) is 0 Å². The normalized spacial score (nSPS) is 18.6. The molecule has 2 heterocycles. The van der Waals surface area contributed by atoms with E-state index >= 15 is 0 Å². The molecule has 1 saturated heterocycles. The van der Waals surface area contributed by atoms with Gasteiger partial charge >= 0.3 is 0 Å². The molecule has 0 bridgehead atoms. The van der Waals surface area contributed by atoms with Crippen LogP contribution >= 0.6 is 0 Å². The predicted octanol–water partition coefficient (Wildman–Crippen LogP) is 2.17. The van der Waals surface area contributed by atoms with Gasteiger partial charge in [-0.1, -0.05) is 18.2 Å². The lowest BCUT2D eigenvalue weighted by atomic mass is 10.1. The van der Waals surface area contributed by atoms with Crippen molar-refractivity contribution < 1.29 is 13.2 Å². The Kier molecular flexibility index (Phi) is 6.24. The lowest BCUT2D eigenvalue weighted by Gasteiger charge is -2.32. The molecule has 0 spiro atoms. The number of aromatic nitrogens is 1. The Bertz CT molecular complexity index is 795. The van der Waals surface area contributed by atoms with Crippen molar-refractivity contribution in [3.63, 3.8) is 0 Å². The average Bonchev–Trinajstić information content (AvgIpc) is 2.61. The molecule has 1 fully saturated rings. The number of nitrogens with one attached hydrogen (secondary N) is 1. The second-order valence-electron chi connectivity index (χ2n) is 6.72. The average molecular weight is 375 g/mol. The molecule has 7 heteroatoms. The Hall–Kier alpha value is -1.96. The van der Waals surface area contributed by atoms with Gasteiger partial charge in [-0.3, -0.25) is 9.88 Å². The molecular weight excluding hydrogens is 350 g/mol. The van der Waals surface area contributed by atoms with Gasteiger partial charge in [0.15, 0.2) is 0 Å². The van der Waals surface area contributed by atoms with E-state index in [2.05, 4.69) is 26.7 Å². The number of piperidine rings is 1. The number of sulfonamides is 1. The summed E-state index contributed by atoms with van der Waals surface area (Å²) >= 11 is 0. The van der Waals surface area contributed by atoms with Crippen LogP contribution in [0.4, 0.5) is 0 Å². The highest BCUT2D eigenvalue weighted by Crippen LogP contribution is 2.18. The fourth-order valence-corrected chi connectivity index (χ4v) is 3.99. The molecule has 3 rings (SSSR count). The Labute approximate surface area is 155 Å². The summed E-state index contributed by atoms with van der Waals surface area (Å²) in [6.45, 7) is 2.98. The second-order valence-corrected chi connectivity index (χ2v) is 8.50. The standard InChI is InChI=1S/C19H25N3O3S/c1-26(23,24)21-17-6-4-12-22(14-17)13-16-7-9-19(10-8-16)25-15-18-5-2-3-11-20-18/h2-3,5,7-11,17,21H,4,6,12-15H2,1H3. The number of likely N-dealkylation sites (tertiary alicyclic amines) is 1. The van der Waals surface area contributed by atoms with Crippen molar-refractivity contribution in [1.82, 2.24) is 14.6 Å². The van der Waals surface area contributed by atoms with Crippen LogP contribution in [0.15, 0.2) is 48.7 Å². The molecule has 0 amide bonds. The number of hydrogen-bond donors (Lipinski definition) is 1. The van der Waals surface area contributed by atoms with E-state index in [1.807, 2.05) is 30.3 Å². The van der Waals surface area contributed by atoms with E-state index in [0.29, 0.717) is 6.61 Å². The van der Waals surface area contributed by atoms with Crippen LogP contribution in [0.1, 0.15) is 24.1 Å². The van der Waals surface area contributed by atoms with Gasteiger partial charge in [0.2, 0.25) is 10.0 Å². The van der Waals surface area contributed by atoms with Gasteiger partial charge in [-0.25, -0.2) is 13.1 Å². The van der Waals surface area contributed by atoms with Crippen LogP contribution in [0.3, 0.4) is 0 Å². The third-order valence-corrected chi connectivity index (χ3v) is 5.09. The third-order valence-electron chi connectivity index (χ3n) is 4.33. The Morgan fingerprint density at radius 2 is 2.04 bits per heavy atom. The molecule has 140 valence electrons. The van der Waals surface area contributed by atoms with Crippen LogP contribution in [-0.2, 0) is 23.2 Å². The number of pyridine rings is 1. The van der Waals surface area contributed by atoms with Gasteiger partial charge in [0, 0.05) is 25.3 Å². The van der Waals surface area contributed by atoms with E-state index in [1.54, 1.807) is 6.20 Å². The second kappa shape index (κ2) is 8.62. The first-order valence-corrected chi connectivity index (χ1v) is 10.7. The molecule has 6 nitrogen and oxygen atoms in total. The van der Waals surface area contributed by atoms with Crippen molar-refractivity contribution in [2.45, 2.75) is 32.0 Å². The first-order valence-electron chi connectivity index (χ1n) is 8.79. The van der Waals surface area contributed by atoms with Gasteiger partial charge in [-0.15, -0.1) is 0 Å². The van der Waals surface area contributed by atoms with Gasteiger partial charge in [0.1, 0.15) is 12.4 Å². The molecule has 1 aromatic carbocycles. The first-order chi connectivity index (χ1) is 12.5. The molecule has 1 atom stereocenters. The van der Waals surface area contributed by atoms with Crippen LogP contribution in [0, 0.1) is 0 Å². The zero-order valence-corrected chi connectivity index (χ0v) is 15.8. The van der Waals surface area contributed by atoms with Crippen molar-refractivity contribution in [2.75, 3.05) is 19.3 Å². The van der Waals surface area contributed by atoms with Crippen molar-refractivity contribution in [1.29, 1.82) is 0 Å². The van der Waals surface area contributed by atoms with E-state index in [9.17, 15) is 8.42 Å². The molecule has 1 aromatic heterocycles. The van der Waals surface area contributed by atoms with Crippen LogP contribution in [0.5, 0.6) is 5.75 Å². The minimum Gasteiger partial charge on any atom is -0.487 e. The smallest absolute Gasteiger partial charge is 0.208 e. The molecule has 1 N–H and O–H groups in total. The maximum Gasteiger partial charge on any atom is 0.208 e. The minimum atomic E-state index is -3.15. The van der Waals surface area contributed by atoms with Gasteiger partial charge < -0.3 is 4.74 Å². The summed E-state index contributed by atoms with van der Waals surface area (Å²) in [6, 6.07) is 13.8. The van der Waals surface area contributed by atoms with Crippen molar-refractivity contribution >= 4 is 10.0 Å². The molecule has 0 aliphatic carbocycles. The molecule has 0 saturated carbocycles. The predicted molar refractivity (Wildman–Crippen MR) is 101 cm³/mol. The molecular formula is C19H25N3O3S. The summed E-state index contributed by atoms with van der Waals surface area (Å²) in [7, 11) is -3.15. The highest BCUT2D eigenvalue weighted by atomic mass is 32.2. The zero-order valence-electron chi connectivity index (χ0n) is 15.0. The topological polar surface area (TPSA) is 71.5 Å². The highest BCUT2D eigenvalue weighted by Gasteiger charge is 2.22. The first kappa shape index (κ1) is 18.8. The van der Waals surface area contributed by atoms with Gasteiger partial charge in [-0.05, 0) is 49.2 Å². The van der Waals surface area contributed by atoms with Crippen molar-refractivity contribution in [3.05, 3.63) is 59.9 Å². The summed E-state index contributed by atoms with van der Waals surface area (Å²) < 4.78 is 31.3. The number of nitrogens with zero attached hydrogens (tertiary/aromatic N) is 2. The highest BCUT2D eigenvalue weighted by molar-refractivity contribution is 7.88. The van der Waals surface area contributed by atoms with E-state index in [-0.39, 0.29) is 6.04 Å². The molecule has 1 aliphatic heterocycles. The monoisotopic (exact) mass is 375 g/mol. The maximum absolute atomic E-state index is 11.4. The summed E-state index contributed by atoms with van der Waals surface area (Å²) in [5.41, 5.74) is 2.09. The molecule has 1 aliphatic rings. The van der Waals surface area contributed by atoms with Gasteiger partial charge in [0.05, 0.1) is 11.9 Å². The van der Waals surface area contributed by atoms with Crippen molar-refractivity contribution in [3.8, 4) is 5.75 Å². The molecule has 0 radical (unpaired) electrons. The van der Waals surface area contributed by atoms with Crippen molar-refractivity contribution in [2.24, 2.45) is 0 Å². The minimum absolute atomic E-state index is 0.000251. The van der Waals surface area contributed by atoms with E-state index in [1.165, 1.54) is 11.8 Å². The van der Waals surface area contributed by atoms with E-state index < -0.39 is 10.0 Å². The summed E-state index contributed by atoms with van der Waals surface area (Å²) in [4.78, 5) is 6.53. The lowest BCUT2D eigenvalue weighted by molar-refractivity contribution is 0.194. The maximum atomic E-state index is 11.4. The van der Waals surface area contributed by atoms with Crippen LogP contribution < -0.4 is 9.46 Å². The number of ether oxygens (including phenoxy) is 1. The van der Waals surface area contributed by atoms with E-state index in [4.69, 9.17) is 4.74 Å². The molecule has 26 heavy (non-hydrogen) atoms. The zero-order chi connectivity index (χ0) is 18.4. The SMILES string of the molecule is CS(=O)(=O)NC1CCCN(Cc2ccc(OCc3ccccn3)cc2)C1. The number of benzene rings is 1. The molecule has 2 aromatic rings. The Balaban J connectivity index is 1.50. The summed E-state index contributed by atoms with van der Waals surface area (Å²) in [5, 5.41) is 0. The largest absolute Gasteiger partial charge is 0.487 e. The Morgan fingerprint density at radius 1 is 1.23 bits per heavy atom. The Morgan fingerprint density at radius 3 is 2.73 bits per heavy atom. The lowest BCUT2D eigenvalue weighted by Crippen LogP contribution is -2.46. The summed E-state index contributed by atoms with van der Waals surface area (Å²) in [5.74, 6) is 0.815. The van der Waals surface area contributed by atoms with Crippen LogP contribution in [-0.4, -0.2) is 43.7 Å². The number of hydrogen-bond acceptors (Lipinski definition) is 5. The quantitative estimate of drug-likeness (QED) is 0.803. The van der Waals surface area contributed by atoms with Gasteiger partial charge in [0.25, 0.3) is 0 Å². The van der Waals surface area contributed by atoms with Gasteiger partial charge in [-0.2, -0.15) is 0 Å². The van der Waals surface area contributed by atoms with E-state index in [0.717, 1.165) is 43.9 Å². The van der Waals surface area contributed by atoms with Crippen LogP contribution in [0.2, 0.25) is 0 Å². The number of rotatable bonds is 7. The summed E-state index contributed by atoms with van der Waals surface area (Å²) in [6.07, 6.45) is 4.87. The third kappa shape index (κ3) is 6.09. The fourth-order valence-electron chi connectivity index (χ4n) is 3.19.